The van der Waals surface area contributed by atoms with Crippen molar-refractivity contribution in [1.82, 2.24) is 0 Å². The van der Waals surface area contributed by atoms with Gasteiger partial charge in [0, 0.05) is 20.5 Å². The van der Waals surface area contributed by atoms with Gasteiger partial charge >= 0.3 is 0 Å². The van der Waals surface area contributed by atoms with Gasteiger partial charge in [-0.15, -0.1) is 0 Å². The van der Waals surface area contributed by atoms with Gasteiger partial charge in [0.2, 0.25) is 5.91 Å². The first-order valence-electron chi connectivity index (χ1n) is 8.39. The molecule has 0 atom stereocenters. The summed E-state index contributed by atoms with van der Waals surface area (Å²) in [5, 5.41) is 3.61. The van der Waals surface area contributed by atoms with Gasteiger partial charge in [-0.25, -0.2) is 0 Å². The SMILES string of the molecule is Cc1ccc(C)c(Sc2ccc(NC(=O)Cc3ccc(Cl)cc3)cc2)c1. The number of nitrogens with one attached hydrogen (secondary N) is 1. The average molecular weight is 382 g/mol. The highest BCUT2D eigenvalue weighted by Crippen LogP contribution is 2.31. The molecule has 1 amide bonds. The van der Waals surface area contributed by atoms with Crippen molar-refractivity contribution >= 4 is 35.0 Å². The van der Waals surface area contributed by atoms with Gasteiger partial charge in [0.1, 0.15) is 0 Å². The lowest BCUT2D eigenvalue weighted by Crippen LogP contribution is -2.14. The molecule has 0 aliphatic heterocycles. The summed E-state index contributed by atoms with van der Waals surface area (Å²) in [5.74, 6) is -0.0396. The molecule has 2 nitrogen and oxygen atoms in total. The number of aryl methyl sites for hydroxylation is 2. The van der Waals surface area contributed by atoms with E-state index in [1.807, 2.05) is 36.4 Å². The summed E-state index contributed by atoms with van der Waals surface area (Å²) < 4.78 is 0. The largest absolute Gasteiger partial charge is 0.326 e. The van der Waals surface area contributed by atoms with E-state index >= 15 is 0 Å². The Morgan fingerprint density at radius 3 is 2.35 bits per heavy atom. The molecule has 0 saturated heterocycles. The number of halogens is 1. The van der Waals surface area contributed by atoms with Gasteiger partial charge in [0.25, 0.3) is 0 Å². The summed E-state index contributed by atoms with van der Waals surface area (Å²) in [7, 11) is 0. The molecule has 132 valence electrons. The van der Waals surface area contributed by atoms with Crippen LogP contribution in [0.15, 0.2) is 76.5 Å². The van der Waals surface area contributed by atoms with Gasteiger partial charge in [-0.1, -0.05) is 47.6 Å². The van der Waals surface area contributed by atoms with E-state index in [4.69, 9.17) is 11.6 Å². The number of hydrogen-bond donors (Lipinski definition) is 1. The highest BCUT2D eigenvalue weighted by atomic mass is 35.5. The molecule has 0 bridgehead atoms. The Kier molecular flexibility index (Phi) is 6.02. The number of carbonyl (C=O) groups is 1. The van der Waals surface area contributed by atoms with Crippen molar-refractivity contribution < 1.29 is 4.79 Å². The monoisotopic (exact) mass is 381 g/mol. The first-order valence-corrected chi connectivity index (χ1v) is 9.58. The minimum absolute atomic E-state index is 0.0396. The van der Waals surface area contributed by atoms with Crippen molar-refractivity contribution in [1.29, 1.82) is 0 Å². The maximum absolute atomic E-state index is 12.2. The van der Waals surface area contributed by atoms with E-state index in [-0.39, 0.29) is 5.91 Å². The average Bonchev–Trinajstić information content (AvgIpc) is 2.62. The predicted molar refractivity (Wildman–Crippen MR) is 110 cm³/mol. The van der Waals surface area contributed by atoms with Crippen molar-refractivity contribution in [2.45, 2.75) is 30.1 Å². The Morgan fingerprint density at radius 2 is 1.65 bits per heavy atom. The Bertz CT molecular complexity index is 904. The van der Waals surface area contributed by atoms with Gasteiger partial charge < -0.3 is 5.32 Å². The molecule has 3 aromatic carbocycles. The summed E-state index contributed by atoms with van der Waals surface area (Å²) in [4.78, 5) is 14.6. The molecule has 3 rings (SSSR count). The molecule has 0 aliphatic rings. The topological polar surface area (TPSA) is 29.1 Å². The predicted octanol–water partition coefficient (Wildman–Crippen LogP) is 6.29. The van der Waals surface area contributed by atoms with Crippen LogP contribution in [0.2, 0.25) is 5.02 Å². The summed E-state index contributed by atoms with van der Waals surface area (Å²) >= 11 is 7.60. The summed E-state index contributed by atoms with van der Waals surface area (Å²) in [5.41, 5.74) is 4.26. The van der Waals surface area contributed by atoms with Crippen molar-refractivity contribution in [2.75, 3.05) is 5.32 Å². The molecule has 0 aromatic heterocycles. The molecule has 4 heteroatoms. The van der Waals surface area contributed by atoms with E-state index in [0.717, 1.165) is 16.1 Å². The van der Waals surface area contributed by atoms with Crippen LogP contribution in [0.25, 0.3) is 0 Å². The third-order valence-electron chi connectivity index (χ3n) is 3.99. The molecule has 0 spiro atoms. The Balaban J connectivity index is 1.61. The van der Waals surface area contributed by atoms with Crippen molar-refractivity contribution in [2.24, 2.45) is 0 Å². The van der Waals surface area contributed by atoms with E-state index in [2.05, 4.69) is 37.4 Å². The number of hydrogen-bond acceptors (Lipinski definition) is 2. The summed E-state index contributed by atoms with van der Waals surface area (Å²) in [6, 6.07) is 21.7. The van der Waals surface area contributed by atoms with Crippen LogP contribution in [0.4, 0.5) is 5.69 Å². The highest BCUT2D eigenvalue weighted by Gasteiger charge is 2.06. The smallest absolute Gasteiger partial charge is 0.228 e. The summed E-state index contributed by atoms with van der Waals surface area (Å²) in [6.07, 6.45) is 0.330. The highest BCUT2D eigenvalue weighted by molar-refractivity contribution is 7.99. The molecule has 0 heterocycles. The number of anilines is 1. The molecular weight excluding hydrogens is 362 g/mol. The number of amides is 1. The van der Waals surface area contributed by atoms with Crippen LogP contribution in [-0.2, 0) is 11.2 Å². The molecule has 0 unspecified atom stereocenters. The molecule has 0 radical (unpaired) electrons. The number of carbonyl (C=O) groups excluding carboxylic acids is 1. The van der Waals surface area contributed by atoms with Gasteiger partial charge in [-0.05, 0) is 73.0 Å². The van der Waals surface area contributed by atoms with Crippen LogP contribution >= 0.6 is 23.4 Å². The van der Waals surface area contributed by atoms with E-state index < -0.39 is 0 Å². The second-order valence-corrected chi connectivity index (χ2v) is 7.80. The van der Waals surface area contributed by atoms with Gasteiger partial charge in [-0.3, -0.25) is 4.79 Å². The van der Waals surface area contributed by atoms with Crippen LogP contribution in [-0.4, -0.2) is 5.91 Å². The van der Waals surface area contributed by atoms with Crippen molar-refractivity contribution in [3.05, 3.63) is 88.4 Å². The first kappa shape index (κ1) is 18.6. The van der Waals surface area contributed by atoms with Crippen LogP contribution in [0.1, 0.15) is 16.7 Å². The quantitative estimate of drug-likeness (QED) is 0.562. The fraction of sp³-hybridized carbons (Fsp3) is 0.136. The molecule has 3 aromatic rings. The molecule has 26 heavy (non-hydrogen) atoms. The van der Waals surface area contributed by atoms with Gasteiger partial charge in [0.05, 0.1) is 6.42 Å². The maximum Gasteiger partial charge on any atom is 0.228 e. The third-order valence-corrected chi connectivity index (χ3v) is 5.41. The van der Waals surface area contributed by atoms with Crippen molar-refractivity contribution in [3.8, 4) is 0 Å². The Hall–Kier alpha value is -2.23. The molecule has 0 fully saturated rings. The molecule has 1 N–H and O–H groups in total. The number of benzene rings is 3. The second kappa shape index (κ2) is 8.43. The van der Waals surface area contributed by atoms with E-state index in [1.165, 1.54) is 16.0 Å². The van der Waals surface area contributed by atoms with E-state index in [9.17, 15) is 4.79 Å². The lowest BCUT2D eigenvalue weighted by molar-refractivity contribution is -0.115. The zero-order chi connectivity index (χ0) is 18.5. The van der Waals surface area contributed by atoms with Crippen LogP contribution in [0.5, 0.6) is 0 Å². The fourth-order valence-electron chi connectivity index (χ4n) is 2.54. The first-order chi connectivity index (χ1) is 12.5. The normalized spacial score (nSPS) is 10.6. The van der Waals surface area contributed by atoms with Crippen LogP contribution < -0.4 is 5.32 Å². The lowest BCUT2D eigenvalue weighted by atomic mass is 10.1. The minimum Gasteiger partial charge on any atom is -0.326 e. The Labute approximate surface area is 163 Å². The maximum atomic E-state index is 12.2. The van der Waals surface area contributed by atoms with Crippen LogP contribution in [0.3, 0.4) is 0 Å². The van der Waals surface area contributed by atoms with Crippen molar-refractivity contribution in [3.63, 3.8) is 0 Å². The fourth-order valence-corrected chi connectivity index (χ4v) is 3.67. The zero-order valence-corrected chi connectivity index (χ0v) is 16.3. The number of rotatable bonds is 5. The summed E-state index contributed by atoms with van der Waals surface area (Å²) in [6.45, 7) is 4.22. The van der Waals surface area contributed by atoms with Gasteiger partial charge in [0.15, 0.2) is 0 Å². The van der Waals surface area contributed by atoms with Crippen LogP contribution in [0, 0.1) is 13.8 Å². The second-order valence-electron chi connectivity index (χ2n) is 6.25. The van der Waals surface area contributed by atoms with E-state index in [0.29, 0.717) is 11.4 Å². The minimum atomic E-state index is -0.0396. The third kappa shape index (κ3) is 5.13. The standard InChI is InChI=1S/C22H20ClNOS/c1-15-3-4-16(2)21(13-15)26-20-11-9-19(10-12-20)24-22(25)14-17-5-7-18(23)8-6-17/h3-13H,14H2,1-2H3,(H,24,25). The Morgan fingerprint density at radius 1 is 0.962 bits per heavy atom. The van der Waals surface area contributed by atoms with Gasteiger partial charge in [-0.2, -0.15) is 0 Å². The molecular formula is C22H20ClNOS. The zero-order valence-electron chi connectivity index (χ0n) is 14.8. The lowest BCUT2D eigenvalue weighted by Gasteiger charge is -2.09. The molecule has 0 aliphatic carbocycles. The molecule has 0 saturated carbocycles. The van der Waals surface area contributed by atoms with E-state index in [1.54, 1.807) is 23.9 Å².